The van der Waals surface area contributed by atoms with Crippen molar-refractivity contribution in [2.24, 2.45) is 0 Å². The smallest absolute Gasteiger partial charge is 0.243 e. The Morgan fingerprint density at radius 3 is 2.42 bits per heavy atom. The van der Waals surface area contributed by atoms with Crippen molar-refractivity contribution in [1.82, 2.24) is 19.4 Å². The molecule has 10 nitrogen and oxygen atoms in total. The van der Waals surface area contributed by atoms with Crippen LogP contribution in [0.1, 0.15) is 13.3 Å². The summed E-state index contributed by atoms with van der Waals surface area (Å²) in [5.74, 6) is 0.718. The molecule has 2 aliphatic rings. The number of nitrogens with one attached hydrogen (secondary N) is 1. The minimum atomic E-state index is -3.70. The summed E-state index contributed by atoms with van der Waals surface area (Å²) in [4.78, 5) is 27.8. The Morgan fingerprint density at radius 2 is 1.74 bits per heavy atom. The first-order valence-electron chi connectivity index (χ1n) is 10.4. The quantitative estimate of drug-likeness (QED) is 0.577. The first-order valence-corrected chi connectivity index (χ1v) is 11.9. The molecule has 172 valence electrons. The van der Waals surface area contributed by atoms with Crippen LogP contribution in [0.3, 0.4) is 0 Å². The predicted octanol–water partition coefficient (Wildman–Crippen LogP) is -0.251. The fourth-order valence-electron chi connectivity index (χ4n) is 3.46. The third-order valence-corrected chi connectivity index (χ3v) is 7.03. The van der Waals surface area contributed by atoms with Crippen LogP contribution in [0.5, 0.6) is 11.5 Å². The number of carbonyl (C=O) groups is 2. The highest BCUT2D eigenvalue weighted by molar-refractivity contribution is 7.89. The third-order valence-electron chi connectivity index (χ3n) is 5.13. The molecule has 1 N–H and O–H groups in total. The summed E-state index contributed by atoms with van der Waals surface area (Å²) >= 11 is 0. The lowest BCUT2D eigenvalue weighted by molar-refractivity contribution is -0.133. The molecule has 0 bridgehead atoms. The lowest BCUT2D eigenvalue weighted by Gasteiger charge is -2.34. The van der Waals surface area contributed by atoms with Crippen LogP contribution in [0, 0.1) is 0 Å². The molecule has 0 atom stereocenters. The Hall–Kier alpha value is -2.37. The van der Waals surface area contributed by atoms with Gasteiger partial charge in [-0.15, -0.1) is 0 Å². The van der Waals surface area contributed by atoms with Crippen molar-refractivity contribution >= 4 is 21.8 Å². The second-order valence-corrected chi connectivity index (χ2v) is 9.55. The summed E-state index contributed by atoms with van der Waals surface area (Å²) in [7, 11) is -1.98. The van der Waals surface area contributed by atoms with Crippen molar-refractivity contribution in [1.29, 1.82) is 0 Å². The Morgan fingerprint density at radius 1 is 1.06 bits per heavy atom. The van der Waals surface area contributed by atoms with Gasteiger partial charge < -0.3 is 19.7 Å². The van der Waals surface area contributed by atoms with E-state index in [4.69, 9.17) is 9.47 Å². The van der Waals surface area contributed by atoms with Gasteiger partial charge in [-0.3, -0.25) is 14.5 Å². The molecule has 1 saturated heterocycles. The molecule has 31 heavy (non-hydrogen) atoms. The normalized spacial score (nSPS) is 16.9. The largest absolute Gasteiger partial charge is 0.486 e. The van der Waals surface area contributed by atoms with Gasteiger partial charge in [-0.25, -0.2) is 8.42 Å². The van der Waals surface area contributed by atoms with E-state index in [-0.39, 0.29) is 42.9 Å². The molecule has 0 radical (unpaired) electrons. The molecule has 0 saturated carbocycles. The van der Waals surface area contributed by atoms with E-state index in [2.05, 4.69) is 5.32 Å². The summed E-state index contributed by atoms with van der Waals surface area (Å²) in [5, 5.41) is 2.78. The average Bonchev–Trinajstić information content (AvgIpc) is 2.77. The number of rotatable bonds is 8. The standard InChI is InChI=1S/C20H30N4O6S/c1-3-6-21-19(25)14-22(2)15-20(26)23-7-9-24(10-8-23)31(27,28)16-4-5-17-18(13-16)30-12-11-29-17/h4-5,13H,3,6-12,14-15H2,1-2H3,(H,21,25). The maximum Gasteiger partial charge on any atom is 0.243 e. The van der Waals surface area contributed by atoms with E-state index < -0.39 is 10.0 Å². The number of piperazine rings is 1. The molecule has 0 aromatic heterocycles. The van der Waals surface area contributed by atoms with Crippen molar-refractivity contribution in [3.05, 3.63) is 18.2 Å². The molecule has 11 heteroatoms. The van der Waals surface area contributed by atoms with Crippen molar-refractivity contribution in [3.8, 4) is 11.5 Å². The minimum Gasteiger partial charge on any atom is -0.486 e. The highest BCUT2D eigenvalue weighted by atomic mass is 32.2. The lowest BCUT2D eigenvalue weighted by atomic mass is 10.3. The van der Waals surface area contributed by atoms with E-state index in [1.165, 1.54) is 16.4 Å². The highest BCUT2D eigenvalue weighted by Crippen LogP contribution is 2.33. The number of ether oxygens (including phenoxy) is 2. The molecule has 2 heterocycles. The van der Waals surface area contributed by atoms with Crippen molar-refractivity contribution in [3.63, 3.8) is 0 Å². The van der Waals surface area contributed by atoms with E-state index in [9.17, 15) is 18.0 Å². The van der Waals surface area contributed by atoms with Crippen molar-refractivity contribution < 1.29 is 27.5 Å². The van der Waals surface area contributed by atoms with Gasteiger partial charge >= 0.3 is 0 Å². The van der Waals surface area contributed by atoms with Gasteiger partial charge in [-0.2, -0.15) is 4.31 Å². The van der Waals surface area contributed by atoms with Gasteiger partial charge in [0.2, 0.25) is 21.8 Å². The fraction of sp³-hybridized carbons (Fsp3) is 0.600. The van der Waals surface area contributed by atoms with Crippen LogP contribution in [0.2, 0.25) is 0 Å². The van der Waals surface area contributed by atoms with Crippen LogP contribution in [-0.2, 0) is 19.6 Å². The summed E-state index contributed by atoms with van der Waals surface area (Å²) in [5.41, 5.74) is 0. The van der Waals surface area contributed by atoms with E-state index >= 15 is 0 Å². The summed E-state index contributed by atoms with van der Waals surface area (Å²) in [6, 6.07) is 4.60. The number of fused-ring (bicyclic) bond motifs is 1. The van der Waals surface area contributed by atoms with Crippen molar-refractivity contribution in [2.75, 3.05) is 66.1 Å². The van der Waals surface area contributed by atoms with Gasteiger partial charge in [-0.1, -0.05) is 6.92 Å². The maximum absolute atomic E-state index is 13.0. The van der Waals surface area contributed by atoms with Gasteiger partial charge in [0.25, 0.3) is 0 Å². The fourth-order valence-corrected chi connectivity index (χ4v) is 4.90. The predicted molar refractivity (Wildman–Crippen MR) is 114 cm³/mol. The Labute approximate surface area is 183 Å². The van der Waals surface area contributed by atoms with E-state index in [1.807, 2.05) is 6.92 Å². The van der Waals surface area contributed by atoms with Crippen LogP contribution < -0.4 is 14.8 Å². The number of hydrogen-bond donors (Lipinski definition) is 1. The Balaban J connectivity index is 1.52. The molecule has 1 aromatic carbocycles. The van der Waals surface area contributed by atoms with Gasteiger partial charge in [0.1, 0.15) is 13.2 Å². The molecular weight excluding hydrogens is 424 g/mol. The van der Waals surface area contributed by atoms with Gasteiger partial charge in [0.15, 0.2) is 11.5 Å². The SMILES string of the molecule is CCCNC(=O)CN(C)CC(=O)N1CCN(S(=O)(=O)c2ccc3c(c2)OCCO3)CC1. The molecule has 1 aromatic rings. The van der Waals surface area contributed by atoms with Crippen LogP contribution in [0.25, 0.3) is 0 Å². The third kappa shape index (κ3) is 5.86. The zero-order valence-corrected chi connectivity index (χ0v) is 18.8. The van der Waals surface area contributed by atoms with E-state index in [0.717, 1.165) is 6.42 Å². The number of sulfonamides is 1. The number of likely N-dealkylation sites (N-methyl/N-ethyl adjacent to an activating group) is 1. The number of carbonyl (C=O) groups excluding carboxylic acids is 2. The van der Waals surface area contributed by atoms with Gasteiger partial charge in [0, 0.05) is 38.8 Å². The molecule has 0 spiro atoms. The van der Waals surface area contributed by atoms with Crippen LogP contribution in [0.15, 0.2) is 23.1 Å². The van der Waals surface area contributed by atoms with Gasteiger partial charge in [-0.05, 0) is 25.6 Å². The molecule has 1 fully saturated rings. The molecular formula is C20H30N4O6S. The topological polar surface area (TPSA) is 108 Å². The van der Waals surface area contributed by atoms with Crippen LogP contribution >= 0.6 is 0 Å². The second kappa shape index (κ2) is 10.3. The minimum absolute atomic E-state index is 0.106. The molecule has 2 amide bonds. The number of amides is 2. The average molecular weight is 455 g/mol. The summed E-state index contributed by atoms with van der Waals surface area (Å²) < 4.78 is 38.3. The zero-order valence-electron chi connectivity index (χ0n) is 18.0. The zero-order chi connectivity index (χ0) is 22.4. The van der Waals surface area contributed by atoms with Crippen molar-refractivity contribution in [2.45, 2.75) is 18.2 Å². The van der Waals surface area contributed by atoms with Gasteiger partial charge in [0.05, 0.1) is 18.0 Å². The van der Waals surface area contributed by atoms with Crippen LogP contribution in [-0.4, -0.2) is 100 Å². The first kappa shape index (κ1) is 23.3. The molecule has 2 aliphatic heterocycles. The molecule has 3 rings (SSSR count). The van der Waals surface area contributed by atoms with Crippen LogP contribution in [0.4, 0.5) is 0 Å². The maximum atomic E-state index is 13.0. The summed E-state index contributed by atoms with van der Waals surface area (Å²) in [6.45, 7) is 4.68. The summed E-state index contributed by atoms with van der Waals surface area (Å²) in [6.07, 6.45) is 0.855. The lowest BCUT2D eigenvalue weighted by Crippen LogP contribution is -2.52. The second-order valence-electron chi connectivity index (χ2n) is 7.61. The monoisotopic (exact) mass is 454 g/mol. The number of benzene rings is 1. The number of hydrogen-bond acceptors (Lipinski definition) is 7. The molecule has 0 unspecified atom stereocenters. The Kier molecular flexibility index (Phi) is 7.74. The highest BCUT2D eigenvalue weighted by Gasteiger charge is 2.31. The Bertz CT molecular complexity index is 899. The molecule has 0 aliphatic carbocycles. The van der Waals surface area contributed by atoms with E-state index in [1.54, 1.807) is 22.9 Å². The van der Waals surface area contributed by atoms with E-state index in [0.29, 0.717) is 44.3 Å². The number of nitrogens with zero attached hydrogens (tertiary/aromatic N) is 3. The first-order chi connectivity index (χ1) is 14.8.